The number of hydrogen-bond acceptors (Lipinski definition) is 4. The minimum Gasteiger partial charge on any atom is -0.481 e. The lowest BCUT2D eigenvalue weighted by molar-refractivity contribution is -0.138. The third-order valence-corrected chi connectivity index (χ3v) is 2.95. The van der Waals surface area contributed by atoms with Crippen LogP contribution < -0.4 is 5.32 Å². The number of piperidine rings is 1. The standard InChI is InChI=1S/C11H22N2O3/c1-13-7-9(6-11(15)16)5-10(8-13)12-3-2-4-14/h9-10,12,14H,2-8H2,1H3,(H,15,16). The fourth-order valence-electron chi connectivity index (χ4n) is 2.37. The van der Waals surface area contributed by atoms with Crippen LogP contribution in [0.2, 0.25) is 0 Å². The number of carboxylic acids is 1. The molecule has 1 rings (SSSR count). The van der Waals surface area contributed by atoms with E-state index in [4.69, 9.17) is 10.2 Å². The maximum absolute atomic E-state index is 10.7. The van der Waals surface area contributed by atoms with Crippen LogP contribution in [0.1, 0.15) is 19.3 Å². The number of aliphatic hydroxyl groups excluding tert-OH is 1. The van der Waals surface area contributed by atoms with Crippen LogP contribution in [-0.2, 0) is 4.79 Å². The van der Waals surface area contributed by atoms with Crippen molar-refractivity contribution in [2.24, 2.45) is 5.92 Å². The van der Waals surface area contributed by atoms with E-state index in [0.29, 0.717) is 6.04 Å². The average molecular weight is 230 g/mol. The summed E-state index contributed by atoms with van der Waals surface area (Å²) in [4.78, 5) is 12.8. The van der Waals surface area contributed by atoms with E-state index in [-0.39, 0.29) is 18.9 Å². The second kappa shape index (κ2) is 6.83. The van der Waals surface area contributed by atoms with Crippen molar-refractivity contribution < 1.29 is 15.0 Å². The summed E-state index contributed by atoms with van der Waals surface area (Å²) >= 11 is 0. The van der Waals surface area contributed by atoms with E-state index in [1.165, 1.54) is 0 Å². The second-order valence-electron chi connectivity index (χ2n) is 4.65. The molecule has 0 saturated carbocycles. The molecule has 5 heteroatoms. The zero-order valence-corrected chi connectivity index (χ0v) is 9.85. The topological polar surface area (TPSA) is 72.8 Å². The first-order chi connectivity index (χ1) is 7.61. The van der Waals surface area contributed by atoms with Gasteiger partial charge in [0, 0.05) is 32.2 Å². The van der Waals surface area contributed by atoms with Gasteiger partial charge in [0.2, 0.25) is 0 Å². The Kier molecular flexibility index (Phi) is 5.73. The van der Waals surface area contributed by atoms with Crippen molar-refractivity contribution in [1.29, 1.82) is 0 Å². The number of nitrogens with one attached hydrogen (secondary N) is 1. The van der Waals surface area contributed by atoms with Gasteiger partial charge in [-0.15, -0.1) is 0 Å². The minimum atomic E-state index is -0.714. The molecule has 94 valence electrons. The summed E-state index contributed by atoms with van der Waals surface area (Å²) in [6.07, 6.45) is 1.93. The zero-order chi connectivity index (χ0) is 12.0. The highest BCUT2D eigenvalue weighted by molar-refractivity contribution is 5.67. The van der Waals surface area contributed by atoms with Gasteiger partial charge in [-0.3, -0.25) is 4.79 Å². The highest BCUT2D eigenvalue weighted by Crippen LogP contribution is 2.18. The van der Waals surface area contributed by atoms with Crippen molar-refractivity contribution >= 4 is 5.97 Å². The van der Waals surface area contributed by atoms with Gasteiger partial charge in [-0.2, -0.15) is 0 Å². The average Bonchev–Trinajstić information content (AvgIpc) is 2.16. The first-order valence-corrected chi connectivity index (χ1v) is 5.86. The molecule has 1 aliphatic rings. The summed E-state index contributed by atoms with van der Waals surface area (Å²) in [6, 6.07) is 0.356. The summed E-state index contributed by atoms with van der Waals surface area (Å²) in [7, 11) is 2.02. The van der Waals surface area contributed by atoms with Gasteiger partial charge in [-0.1, -0.05) is 0 Å². The van der Waals surface area contributed by atoms with Gasteiger partial charge in [0.25, 0.3) is 0 Å². The molecule has 0 bridgehead atoms. The summed E-state index contributed by atoms with van der Waals surface area (Å²) < 4.78 is 0. The lowest BCUT2D eigenvalue weighted by Gasteiger charge is -2.35. The Morgan fingerprint density at radius 2 is 2.25 bits per heavy atom. The van der Waals surface area contributed by atoms with Crippen molar-refractivity contribution in [2.75, 3.05) is 33.3 Å². The Balaban J connectivity index is 2.32. The van der Waals surface area contributed by atoms with Crippen LogP contribution in [-0.4, -0.2) is 60.4 Å². The number of likely N-dealkylation sites (N-methyl/N-ethyl adjacent to an activating group) is 1. The number of nitrogens with zero attached hydrogens (tertiary/aromatic N) is 1. The Hall–Kier alpha value is -0.650. The van der Waals surface area contributed by atoms with Crippen LogP contribution in [0.5, 0.6) is 0 Å². The molecular weight excluding hydrogens is 208 g/mol. The van der Waals surface area contributed by atoms with Crippen LogP contribution in [0.15, 0.2) is 0 Å². The molecule has 0 spiro atoms. The number of aliphatic carboxylic acids is 1. The van der Waals surface area contributed by atoms with Crippen LogP contribution in [0, 0.1) is 5.92 Å². The van der Waals surface area contributed by atoms with E-state index >= 15 is 0 Å². The predicted molar refractivity (Wildman–Crippen MR) is 61.4 cm³/mol. The first kappa shape index (κ1) is 13.4. The molecule has 5 nitrogen and oxygen atoms in total. The van der Waals surface area contributed by atoms with Crippen molar-refractivity contribution in [1.82, 2.24) is 10.2 Å². The number of aliphatic hydroxyl groups is 1. The van der Waals surface area contributed by atoms with E-state index in [1.54, 1.807) is 0 Å². The molecule has 0 aromatic carbocycles. The summed E-state index contributed by atoms with van der Waals surface area (Å²) in [5.74, 6) is -0.475. The number of likely N-dealkylation sites (tertiary alicyclic amines) is 1. The van der Waals surface area contributed by atoms with Gasteiger partial charge < -0.3 is 20.4 Å². The molecule has 0 aliphatic carbocycles. The predicted octanol–water partition coefficient (Wildman–Crippen LogP) is -0.247. The highest BCUT2D eigenvalue weighted by atomic mass is 16.4. The normalized spacial score (nSPS) is 26.9. The van der Waals surface area contributed by atoms with Crippen molar-refractivity contribution in [2.45, 2.75) is 25.3 Å². The fraction of sp³-hybridized carbons (Fsp3) is 0.909. The lowest BCUT2D eigenvalue weighted by Crippen LogP contribution is -2.48. The Labute approximate surface area is 96.4 Å². The number of hydrogen-bond donors (Lipinski definition) is 3. The third-order valence-electron chi connectivity index (χ3n) is 2.95. The van der Waals surface area contributed by atoms with Gasteiger partial charge in [0.05, 0.1) is 0 Å². The zero-order valence-electron chi connectivity index (χ0n) is 9.85. The van der Waals surface area contributed by atoms with E-state index in [9.17, 15) is 4.79 Å². The second-order valence-corrected chi connectivity index (χ2v) is 4.65. The molecule has 0 radical (unpaired) electrons. The van der Waals surface area contributed by atoms with Gasteiger partial charge in [0.1, 0.15) is 0 Å². The summed E-state index contributed by atoms with van der Waals surface area (Å²) in [6.45, 7) is 2.83. The SMILES string of the molecule is CN1CC(CC(=O)O)CC(NCCCO)C1. The largest absolute Gasteiger partial charge is 0.481 e. The molecule has 2 atom stereocenters. The number of rotatable bonds is 6. The van der Waals surface area contributed by atoms with Crippen LogP contribution in [0.3, 0.4) is 0 Å². The number of carboxylic acid groups (broad SMARTS) is 1. The smallest absolute Gasteiger partial charge is 0.303 e. The molecule has 1 heterocycles. The quantitative estimate of drug-likeness (QED) is 0.549. The minimum absolute atomic E-state index is 0.202. The summed E-state index contributed by atoms with van der Waals surface area (Å²) in [5, 5.41) is 20.8. The maximum Gasteiger partial charge on any atom is 0.303 e. The fourth-order valence-corrected chi connectivity index (χ4v) is 2.37. The van der Waals surface area contributed by atoms with Gasteiger partial charge in [-0.25, -0.2) is 0 Å². The molecule has 1 fully saturated rings. The third kappa shape index (κ3) is 4.92. The molecule has 3 N–H and O–H groups in total. The van der Waals surface area contributed by atoms with E-state index in [2.05, 4.69) is 10.2 Å². The van der Waals surface area contributed by atoms with Gasteiger partial charge in [-0.05, 0) is 32.4 Å². The van der Waals surface area contributed by atoms with Crippen LogP contribution in [0.4, 0.5) is 0 Å². The van der Waals surface area contributed by atoms with Gasteiger partial charge >= 0.3 is 5.97 Å². The van der Waals surface area contributed by atoms with E-state index in [1.807, 2.05) is 7.05 Å². The van der Waals surface area contributed by atoms with Gasteiger partial charge in [0.15, 0.2) is 0 Å². The van der Waals surface area contributed by atoms with Crippen LogP contribution >= 0.6 is 0 Å². The van der Waals surface area contributed by atoms with Crippen molar-refractivity contribution in [3.63, 3.8) is 0 Å². The van der Waals surface area contributed by atoms with E-state index in [0.717, 1.165) is 32.5 Å². The highest BCUT2D eigenvalue weighted by Gasteiger charge is 2.26. The molecule has 1 aliphatic heterocycles. The Morgan fingerprint density at radius 1 is 1.50 bits per heavy atom. The monoisotopic (exact) mass is 230 g/mol. The maximum atomic E-state index is 10.7. The molecule has 2 unspecified atom stereocenters. The molecule has 0 amide bonds. The number of carbonyl (C=O) groups is 1. The summed E-state index contributed by atoms with van der Waals surface area (Å²) in [5.41, 5.74) is 0. The molecule has 1 saturated heterocycles. The first-order valence-electron chi connectivity index (χ1n) is 5.86. The molecule has 0 aromatic rings. The van der Waals surface area contributed by atoms with Crippen LogP contribution in [0.25, 0.3) is 0 Å². The molecule has 16 heavy (non-hydrogen) atoms. The van der Waals surface area contributed by atoms with Crippen molar-refractivity contribution in [3.05, 3.63) is 0 Å². The van der Waals surface area contributed by atoms with E-state index < -0.39 is 5.97 Å². The molecule has 0 aromatic heterocycles. The molecular formula is C11H22N2O3. The van der Waals surface area contributed by atoms with Crippen molar-refractivity contribution in [3.8, 4) is 0 Å². The lowest BCUT2D eigenvalue weighted by atomic mass is 9.92. The Morgan fingerprint density at radius 3 is 2.88 bits per heavy atom. The Bertz CT molecular complexity index is 223.